The van der Waals surface area contributed by atoms with Crippen LogP contribution in [0, 0.1) is 6.92 Å². The molecule has 7 heteroatoms. The van der Waals surface area contributed by atoms with Crippen molar-refractivity contribution < 1.29 is 9.21 Å². The van der Waals surface area contributed by atoms with Gasteiger partial charge in [0.05, 0.1) is 17.0 Å². The standard InChI is InChI=1S/C15H10Cl2N2O2S/c1-8-4-5-21-13(8)14(20)19-15-18-12(7-22-15)10-6-9(16)2-3-11(10)17/h2-7H,1H3,(H,18,19,20). The van der Waals surface area contributed by atoms with Crippen molar-refractivity contribution in [1.82, 2.24) is 4.98 Å². The van der Waals surface area contributed by atoms with E-state index in [1.807, 2.05) is 5.38 Å². The van der Waals surface area contributed by atoms with E-state index < -0.39 is 0 Å². The molecular weight excluding hydrogens is 343 g/mol. The van der Waals surface area contributed by atoms with Crippen LogP contribution in [-0.2, 0) is 0 Å². The first-order valence-electron chi connectivity index (χ1n) is 6.31. The predicted octanol–water partition coefficient (Wildman–Crippen LogP) is 5.27. The van der Waals surface area contributed by atoms with Gasteiger partial charge in [0.1, 0.15) is 0 Å². The van der Waals surface area contributed by atoms with Crippen LogP contribution in [0.25, 0.3) is 11.3 Å². The second-order valence-corrected chi connectivity index (χ2v) is 6.25. The van der Waals surface area contributed by atoms with Crippen LogP contribution in [0.15, 0.2) is 40.3 Å². The van der Waals surface area contributed by atoms with Crippen LogP contribution in [-0.4, -0.2) is 10.9 Å². The average Bonchev–Trinajstić information content (AvgIpc) is 3.10. The Labute approximate surface area is 140 Å². The molecule has 0 aliphatic carbocycles. The molecule has 2 heterocycles. The van der Waals surface area contributed by atoms with Crippen LogP contribution in [0.1, 0.15) is 16.1 Å². The minimum Gasteiger partial charge on any atom is -0.459 e. The SMILES string of the molecule is Cc1ccoc1C(=O)Nc1nc(-c2cc(Cl)ccc2Cl)cs1. The Morgan fingerprint density at radius 2 is 2.14 bits per heavy atom. The molecule has 4 nitrogen and oxygen atoms in total. The fourth-order valence-corrected chi connectivity index (χ4v) is 3.00. The highest BCUT2D eigenvalue weighted by molar-refractivity contribution is 7.14. The molecular formula is C15H10Cl2N2O2S. The molecule has 0 saturated carbocycles. The van der Waals surface area contributed by atoms with Gasteiger partial charge in [-0.3, -0.25) is 10.1 Å². The van der Waals surface area contributed by atoms with Crippen molar-refractivity contribution in [3.63, 3.8) is 0 Å². The number of benzene rings is 1. The number of hydrogen-bond acceptors (Lipinski definition) is 4. The zero-order valence-electron chi connectivity index (χ0n) is 11.4. The number of anilines is 1. The summed E-state index contributed by atoms with van der Waals surface area (Å²) in [5, 5.41) is 6.10. The zero-order valence-corrected chi connectivity index (χ0v) is 13.7. The summed E-state index contributed by atoms with van der Waals surface area (Å²) in [6, 6.07) is 6.89. The van der Waals surface area contributed by atoms with Crippen molar-refractivity contribution in [1.29, 1.82) is 0 Å². The first kappa shape index (κ1) is 15.1. The van der Waals surface area contributed by atoms with Gasteiger partial charge in [-0.1, -0.05) is 23.2 Å². The van der Waals surface area contributed by atoms with Crippen LogP contribution in [0.4, 0.5) is 5.13 Å². The number of rotatable bonds is 3. The Morgan fingerprint density at radius 3 is 2.86 bits per heavy atom. The number of furan rings is 1. The topological polar surface area (TPSA) is 55.1 Å². The molecule has 0 radical (unpaired) electrons. The molecule has 0 atom stereocenters. The average molecular weight is 353 g/mol. The van der Waals surface area contributed by atoms with E-state index in [-0.39, 0.29) is 11.7 Å². The highest BCUT2D eigenvalue weighted by Crippen LogP contribution is 2.32. The molecule has 112 valence electrons. The molecule has 0 saturated heterocycles. The lowest BCUT2D eigenvalue weighted by Gasteiger charge is -2.01. The largest absolute Gasteiger partial charge is 0.459 e. The summed E-state index contributed by atoms with van der Waals surface area (Å²) in [4.78, 5) is 16.4. The van der Waals surface area contributed by atoms with Crippen molar-refractivity contribution in [2.45, 2.75) is 6.92 Å². The van der Waals surface area contributed by atoms with E-state index >= 15 is 0 Å². The maximum absolute atomic E-state index is 12.1. The summed E-state index contributed by atoms with van der Waals surface area (Å²) in [6.45, 7) is 1.80. The van der Waals surface area contributed by atoms with Gasteiger partial charge in [-0.05, 0) is 31.2 Å². The van der Waals surface area contributed by atoms with Gasteiger partial charge < -0.3 is 4.42 Å². The van der Waals surface area contributed by atoms with Gasteiger partial charge in [-0.25, -0.2) is 4.98 Å². The van der Waals surface area contributed by atoms with E-state index in [4.69, 9.17) is 27.6 Å². The van der Waals surface area contributed by atoms with Crippen LogP contribution in [0.3, 0.4) is 0 Å². The minimum atomic E-state index is -0.333. The minimum absolute atomic E-state index is 0.275. The monoisotopic (exact) mass is 352 g/mol. The van der Waals surface area contributed by atoms with Gasteiger partial charge in [-0.2, -0.15) is 0 Å². The number of amides is 1. The van der Waals surface area contributed by atoms with Gasteiger partial charge in [0.25, 0.3) is 5.91 Å². The Bertz CT molecular complexity index is 842. The molecule has 0 aliphatic heterocycles. The lowest BCUT2D eigenvalue weighted by Crippen LogP contribution is -2.11. The Morgan fingerprint density at radius 1 is 1.32 bits per heavy atom. The van der Waals surface area contributed by atoms with E-state index in [1.54, 1.807) is 31.2 Å². The quantitative estimate of drug-likeness (QED) is 0.698. The third kappa shape index (κ3) is 3.02. The summed E-state index contributed by atoms with van der Waals surface area (Å²) in [7, 11) is 0. The van der Waals surface area contributed by atoms with Crippen LogP contribution in [0.2, 0.25) is 10.0 Å². The molecule has 3 aromatic rings. The summed E-state index contributed by atoms with van der Waals surface area (Å²) >= 11 is 13.4. The number of nitrogens with zero attached hydrogens (tertiary/aromatic N) is 1. The normalized spacial score (nSPS) is 10.7. The van der Waals surface area contributed by atoms with E-state index in [1.165, 1.54) is 17.6 Å². The molecule has 1 N–H and O–H groups in total. The number of carbonyl (C=O) groups is 1. The van der Waals surface area contributed by atoms with Crippen molar-refractivity contribution >= 4 is 45.6 Å². The number of halogens is 2. The summed E-state index contributed by atoms with van der Waals surface area (Å²) in [5.74, 6) is -0.0573. The number of thiazole rings is 1. The number of aryl methyl sites for hydroxylation is 1. The van der Waals surface area contributed by atoms with Crippen LogP contribution < -0.4 is 5.32 Å². The molecule has 3 rings (SSSR count). The molecule has 1 aromatic carbocycles. The molecule has 2 aromatic heterocycles. The third-order valence-electron chi connectivity index (χ3n) is 3.00. The van der Waals surface area contributed by atoms with Gasteiger partial charge in [0.15, 0.2) is 10.9 Å². The smallest absolute Gasteiger partial charge is 0.293 e. The fourth-order valence-electron chi connectivity index (χ4n) is 1.91. The molecule has 0 spiro atoms. The van der Waals surface area contributed by atoms with E-state index in [2.05, 4.69) is 10.3 Å². The first-order valence-corrected chi connectivity index (χ1v) is 7.94. The van der Waals surface area contributed by atoms with Gasteiger partial charge in [0.2, 0.25) is 0 Å². The van der Waals surface area contributed by atoms with E-state index in [0.717, 1.165) is 11.1 Å². The third-order valence-corrected chi connectivity index (χ3v) is 4.32. The van der Waals surface area contributed by atoms with Gasteiger partial charge >= 0.3 is 0 Å². The number of hydrogen-bond donors (Lipinski definition) is 1. The van der Waals surface area contributed by atoms with Gasteiger partial charge in [0, 0.05) is 21.5 Å². The second kappa shape index (κ2) is 6.12. The van der Waals surface area contributed by atoms with E-state index in [9.17, 15) is 4.79 Å². The highest BCUT2D eigenvalue weighted by atomic mass is 35.5. The van der Waals surface area contributed by atoms with Crippen molar-refractivity contribution in [3.8, 4) is 11.3 Å². The maximum Gasteiger partial charge on any atom is 0.293 e. The number of carbonyl (C=O) groups excluding carboxylic acids is 1. The van der Waals surface area contributed by atoms with E-state index in [0.29, 0.717) is 20.9 Å². The molecule has 22 heavy (non-hydrogen) atoms. The Hall–Kier alpha value is -1.82. The van der Waals surface area contributed by atoms with Crippen molar-refractivity contribution in [2.75, 3.05) is 5.32 Å². The summed E-state index contributed by atoms with van der Waals surface area (Å²) < 4.78 is 5.15. The molecule has 1 amide bonds. The predicted molar refractivity (Wildman–Crippen MR) is 89.0 cm³/mol. The highest BCUT2D eigenvalue weighted by Gasteiger charge is 2.15. The summed E-state index contributed by atoms with van der Waals surface area (Å²) in [6.07, 6.45) is 1.48. The summed E-state index contributed by atoms with van der Waals surface area (Å²) in [5.41, 5.74) is 2.15. The van der Waals surface area contributed by atoms with Crippen molar-refractivity contribution in [2.24, 2.45) is 0 Å². The van der Waals surface area contributed by atoms with Crippen molar-refractivity contribution in [3.05, 3.63) is 57.3 Å². The Kier molecular flexibility index (Phi) is 4.20. The number of aromatic nitrogens is 1. The fraction of sp³-hybridized carbons (Fsp3) is 0.0667. The zero-order chi connectivity index (χ0) is 15.7. The Balaban J connectivity index is 1.84. The number of nitrogens with one attached hydrogen (secondary N) is 1. The maximum atomic E-state index is 12.1. The van der Waals surface area contributed by atoms with Gasteiger partial charge in [-0.15, -0.1) is 11.3 Å². The molecule has 0 aliphatic rings. The molecule has 0 unspecified atom stereocenters. The second-order valence-electron chi connectivity index (χ2n) is 4.55. The lowest BCUT2D eigenvalue weighted by atomic mass is 10.2. The van der Waals surface area contributed by atoms with Crippen LogP contribution >= 0.6 is 34.5 Å². The molecule has 0 bridgehead atoms. The van der Waals surface area contributed by atoms with Crippen LogP contribution in [0.5, 0.6) is 0 Å². The first-order chi connectivity index (χ1) is 10.5. The lowest BCUT2D eigenvalue weighted by molar-refractivity contribution is 0.0996. The molecule has 0 fully saturated rings.